The van der Waals surface area contributed by atoms with Crippen LogP contribution in [0, 0.1) is 10.1 Å². The number of nitro groups is 1. The van der Waals surface area contributed by atoms with E-state index in [-0.39, 0.29) is 11.9 Å². The first-order valence-electron chi connectivity index (χ1n) is 6.02. The molecular formula is C11H9N7O2S2. The molecule has 0 spiro atoms. The second kappa shape index (κ2) is 6.41. The van der Waals surface area contributed by atoms with Gasteiger partial charge in [0.25, 0.3) is 5.69 Å². The lowest BCUT2D eigenvalue weighted by Crippen LogP contribution is -2.19. The fourth-order valence-electron chi connectivity index (χ4n) is 1.71. The van der Waals surface area contributed by atoms with Crippen LogP contribution in [0.5, 0.6) is 0 Å². The molecule has 22 heavy (non-hydrogen) atoms. The number of anilines is 2. The fraction of sp³-hybridized carbons (Fsp3) is 0.0909. The molecule has 0 amide bonds. The number of hydrogen-bond acceptors (Lipinski definition) is 10. The van der Waals surface area contributed by atoms with E-state index < -0.39 is 4.92 Å². The summed E-state index contributed by atoms with van der Waals surface area (Å²) in [5.41, 5.74) is 4.06. The summed E-state index contributed by atoms with van der Waals surface area (Å²) in [4.78, 5) is 10.3. The fourth-order valence-corrected chi connectivity index (χ4v) is 2.66. The minimum absolute atomic E-state index is 0.0364. The van der Waals surface area contributed by atoms with Crippen molar-refractivity contribution in [3.05, 3.63) is 51.0 Å². The molecule has 3 aromatic rings. The van der Waals surface area contributed by atoms with Gasteiger partial charge in [-0.3, -0.25) is 10.1 Å². The van der Waals surface area contributed by atoms with Gasteiger partial charge in [0.1, 0.15) is 17.2 Å². The maximum Gasteiger partial charge on any atom is 0.269 e. The Labute approximate surface area is 132 Å². The van der Waals surface area contributed by atoms with Gasteiger partial charge in [-0.25, -0.2) is 0 Å². The summed E-state index contributed by atoms with van der Waals surface area (Å²) in [6, 6.07) is 6.24. The summed E-state index contributed by atoms with van der Waals surface area (Å²) in [7, 11) is 0. The van der Waals surface area contributed by atoms with E-state index in [0.717, 1.165) is 5.56 Å². The highest BCUT2D eigenvalue weighted by Crippen LogP contribution is 2.25. The van der Waals surface area contributed by atoms with Crippen LogP contribution < -0.4 is 10.6 Å². The Kier molecular flexibility index (Phi) is 4.16. The van der Waals surface area contributed by atoms with Crippen LogP contribution in [0.25, 0.3) is 0 Å². The number of aromatic nitrogens is 4. The molecule has 11 heteroatoms. The van der Waals surface area contributed by atoms with Crippen LogP contribution in [0.2, 0.25) is 0 Å². The number of benzene rings is 1. The van der Waals surface area contributed by atoms with Crippen molar-refractivity contribution in [2.75, 3.05) is 10.6 Å². The summed E-state index contributed by atoms with van der Waals surface area (Å²) < 4.78 is 0. The first-order valence-corrected chi connectivity index (χ1v) is 7.78. The first-order chi connectivity index (χ1) is 10.7. The van der Waals surface area contributed by atoms with E-state index in [9.17, 15) is 10.1 Å². The van der Waals surface area contributed by atoms with Gasteiger partial charge in [-0.05, 0) is 17.7 Å². The highest BCUT2D eigenvalue weighted by atomic mass is 32.1. The van der Waals surface area contributed by atoms with Crippen LogP contribution in [-0.2, 0) is 0 Å². The van der Waals surface area contributed by atoms with Gasteiger partial charge >= 0.3 is 0 Å². The maximum atomic E-state index is 10.7. The van der Waals surface area contributed by atoms with Crippen LogP contribution in [0.15, 0.2) is 35.3 Å². The van der Waals surface area contributed by atoms with Crippen LogP contribution in [0.1, 0.15) is 11.7 Å². The lowest BCUT2D eigenvalue weighted by Gasteiger charge is -2.19. The van der Waals surface area contributed by atoms with Crippen molar-refractivity contribution in [1.29, 1.82) is 0 Å². The van der Waals surface area contributed by atoms with E-state index in [4.69, 9.17) is 0 Å². The second-order valence-electron chi connectivity index (χ2n) is 4.06. The van der Waals surface area contributed by atoms with Crippen molar-refractivity contribution in [2.24, 2.45) is 0 Å². The lowest BCUT2D eigenvalue weighted by atomic mass is 10.1. The first kappa shape index (κ1) is 14.3. The molecule has 0 fully saturated rings. The molecule has 2 heterocycles. The molecule has 0 radical (unpaired) electrons. The van der Waals surface area contributed by atoms with Gasteiger partial charge in [0.05, 0.1) is 4.92 Å². The number of non-ortho nitro benzene ring substituents is 1. The summed E-state index contributed by atoms with van der Waals surface area (Å²) in [6.45, 7) is 0. The van der Waals surface area contributed by atoms with Crippen molar-refractivity contribution in [3.8, 4) is 0 Å². The Bertz CT molecular complexity index is 694. The standard InChI is InChI=1S/C11H9N7O2S2/c19-18(20)8-3-1-7(2-4-8)9(14-10-16-12-5-21-10)15-11-17-13-6-22-11/h1-6,9H,(H,14,16)(H,15,17). The summed E-state index contributed by atoms with van der Waals surface area (Å²) in [5, 5.41) is 33.7. The van der Waals surface area contributed by atoms with Crippen molar-refractivity contribution in [3.63, 3.8) is 0 Å². The molecule has 9 nitrogen and oxygen atoms in total. The number of nitro benzene ring substituents is 1. The average molecular weight is 335 g/mol. The zero-order valence-corrected chi connectivity index (χ0v) is 12.5. The van der Waals surface area contributed by atoms with Crippen molar-refractivity contribution < 1.29 is 4.92 Å². The second-order valence-corrected chi connectivity index (χ2v) is 5.72. The Morgan fingerprint density at radius 1 is 1.00 bits per heavy atom. The predicted molar refractivity (Wildman–Crippen MR) is 82.9 cm³/mol. The molecule has 3 rings (SSSR count). The quantitative estimate of drug-likeness (QED) is 0.401. The highest BCUT2D eigenvalue weighted by molar-refractivity contribution is 7.13. The van der Waals surface area contributed by atoms with Crippen LogP contribution in [0.4, 0.5) is 16.0 Å². The third-order valence-electron chi connectivity index (χ3n) is 2.69. The number of nitrogens with one attached hydrogen (secondary N) is 2. The van der Waals surface area contributed by atoms with Crippen LogP contribution >= 0.6 is 22.7 Å². The molecule has 0 atom stereocenters. The molecule has 0 bridgehead atoms. The SMILES string of the molecule is O=[N+]([O-])c1ccc(C(Nc2nncs2)Nc2nncs2)cc1. The Morgan fingerprint density at radius 2 is 1.55 bits per heavy atom. The maximum absolute atomic E-state index is 10.7. The van der Waals surface area contributed by atoms with Crippen LogP contribution in [-0.4, -0.2) is 25.3 Å². The predicted octanol–water partition coefficient (Wildman–Crippen LogP) is 2.52. The van der Waals surface area contributed by atoms with Crippen LogP contribution in [0.3, 0.4) is 0 Å². The van der Waals surface area contributed by atoms with E-state index >= 15 is 0 Å². The smallest absolute Gasteiger partial charge is 0.269 e. The molecular weight excluding hydrogens is 326 g/mol. The molecule has 1 aromatic carbocycles. The van der Waals surface area contributed by atoms with Gasteiger partial charge in [-0.15, -0.1) is 20.4 Å². The molecule has 2 aromatic heterocycles. The lowest BCUT2D eigenvalue weighted by molar-refractivity contribution is -0.384. The highest BCUT2D eigenvalue weighted by Gasteiger charge is 2.16. The van der Waals surface area contributed by atoms with E-state index in [2.05, 4.69) is 31.0 Å². The summed E-state index contributed by atoms with van der Waals surface area (Å²) >= 11 is 2.70. The van der Waals surface area contributed by atoms with Crippen molar-refractivity contribution in [1.82, 2.24) is 20.4 Å². The minimum Gasteiger partial charge on any atom is -0.336 e. The molecule has 0 saturated carbocycles. The Balaban J connectivity index is 1.84. The Hall–Kier alpha value is -2.66. The van der Waals surface area contributed by atoms with E-state index in [1.165, 1.54) is 34.8 Å². The molecule has 0 aliphatic rings. The zero-order chi connectivity index (χ0) is 15.4. The average Bonchev–Trinajstić information content (AvgIpc) is 3.20. The minimum atomic E-state index is -0.435. The van der Waals surface area contributed by atoms with Gasteiger partial charge in [-0.2, -0.15) is 0 Å². The van der Waals surface area contributed by atoms with Crippen molar-refractivity contribution >= 4 is 38.6 Å². The summed E-state index contributed by atoms with van der Waals surface area (Å²) in [6.07, 6.45) is -0.360. The molecule has 2 N–H and O–H groups in total. The number of nitrogens with zero attached hydrogens (tertiary/aromatic N) is 5. The van der Waals surface area contributed by atoms with E-state index in [0.29, 0.717) is 10.3 Å². The van der Waals surface area contributed by atoms with Gasteiger partial charge < -0.3 is 10.6 Å². The molecule has 0 saturated heterocycles. The molecule has 0 aliphatic heterocycles. The number of hydrogen-bond donors (Lipinski definition) is 2. The Morgan fingerprint density at radius 3 is 1.95 bits per heavy atom. The topological polar surface area (TPSA) is 119 Å². The zero-order valence-electron chi connectivity index (χ0n) is 10.9. The van der Waals surface area contributed by atoms with Gasteiger partial charge in [0.2, 0.25) is 10.3 Å². The summed E-state index contributed by atoms with van der Waals surface area (Å²) in [5.74, 6) is 0. The van der Waals surface area contributed by atoms with Crippen molar-refractivity contribution in [2.45, 2.75) is 6.17 Å². The van der Waals surface area contributed by atoms with E-state index in [1.54, 1.807) is 23.2 Å². The largest absolute Gasteiger partial charge is 0.336 e. The van der Waals surface area contributed by atoms with E-state index in [1.807, 2.05) is 0 Å². The van der Waals surface area contributed by atoms with Gasteiger partial charge in [0.15, 0.2) is 0 Å². The monoisotopic (exact) mass is 335 g/mol. The number of rotatable bonds is 6. The van der Waals surface area contributed by atoms with Gasteiger partial charge in [0, 0.05) is 12.1 Å². The van der Waals surface area contributed by atoms with Gasteiger partial charge in [-0.1, -0.05) is 22.7 Å². The molecule has 0 unspecified atom stereocenters. The normalized spacial score (nSPS) is 10.6. The molecule has 112 valence electrons. The third kappa shape index (κ3) is 3.32. The molecule has 0 aliphatic carbocycles. The third-order valence-corrected chi connectivity index (χ3v) is 3.94.